The number of aryl methyl sites for hydroxylation is 1. The van der Waals surface area contributed by atoms with E-state index >= 15 is 0 Å². The van der Waals surface area contributed by atoms with Gasteiger partial charge in [-0.15, -0.1) is 0 Å². The van der Waals surface area contributed by atoms with Gasteiger partial charge in [-0.1, -0.05) is 26.0 Å². The summed E-state index contributed by atoms with van der Waals surface area (Å²) in [6, 6.07) is 7.89. The van der Waals surface area contributed by atoms with Crippen molar-refractivity contribution in [3.63, 3.8) is 0 Å². The molecule has 0 N–H and O–H groups in total. The summed E-state index contributed by atoms with van der Waals surface area (Å²) in [7, 11) is 0. The van der Waals surface area contributed by atoms with E-state index in [0.717, 1.165) is 29.0 Å². The standard InChI is InChI=1S/C22H22FNO3/c1-13(2)10-24-11-17-18(26-12-24)8-14(3)20-21(25)19(27-22(17)20)9-15-4-6-16(23)7-5-15/h4-9,13H,10-12H2,1-3H3/b19-9-. The van der Waals surface area contributed by atoms with Crippen molar-refractivity contribution in [1.29, 1.82) is 0 Å². The molecule has 4 rings (SSSR count). The van der Waals surface area contributed by atoms with Crippen LogP contribution in [-0.2, 0) is 6.54 Å². The Hall–Kier alpha value is -2.66. The molecular formula is C22H22FNO3. The number of carbonyl (C=O) groups is 1. The highest BCUT2D eigenvalue weighted by molar-refractivity contribution is 6.15. The maximum atomic E-state index is 13.1. The average molecular weight is 367 g/mol. The molecule has 0 saturated heterocycles. The summed E-state index contributed by atoms with van der Waals surface area (Å²) in [5.74, 6) is 1.69. The van der Waals surface area contributed by atoms with Gasteiger partial charge in [-0.05, 0) is 48.2 Å². The van der Waals surface area contributed by atoms with Gasteiger partial charge in [0, 0.05) is 13.1 Å². The Morgan fingerprint density at radius 3 is 2.70 bits per heavy atom. The molecule has 2 aromatic carbocycles. The lowest BCUT2D eigenvalue weighted by molar-refractivity contribution is 0.0831. The van der Waals surface area contributed by atoms with E-state index in [1.54, 1.807) is 18.2 Å². The average Bonchev–Trinajstić information content (AvgIpc) is 2.94. The Labute approximate surface area is 158 Å². The molecule has 0 bridgehead atoms. The fourth-order valence-corrected chi connectivity index (χ4v) is 3.62. The van der Waals surface area contributed by atoms with E-state index < -0.39 is 0 Å². The molecule has 0 radical (unpaired) electrons. The highest BCUT2D eigenvalue weighted by Gasteiger charge is 2.35. The van der Waals surface area contributed by atoms with Gasteiger partial charge < -0.3 is 9.47 Å². The van der Waals surface area contributed by atoms with Crippen LogP contribution in [0.4, 0.5) is 4.39 Å². The SMILES string of the molecule is Cc1cc2c(c3c1C(=O)/C(=C/c1ccc(F)cc1)O3)CN(CC(C)C)CO2. The van der Waals surface area contributed by atoms with Crippen LogP contribution >= 0.6 is 0 Å². The van der Waals surface area contributed by atoms with E-state index in [1.165, 1.54) is 12.1 Å². The first-order chi connectivity index (χ1) is 12.9. The highest BCUT2D eigenvalue weighted by atomic mass is 19.1. The van der Waals surface area contributed by atoms with Crippen LogP contribution < -0.4 is 9.47 Å². The first-order valence-corrected chi connectivity index (χ1v) is 9.14. The zero-order valence-electron chi connectivity index (χ0n) is 15.7. The predicted octanol–water partition coefficient (Wildman–Crippen LogP) is 4.56. The molecule has 0 unspecified atom stereocenters. The molecule has 2 aliphatic rings. The van der Waals surface area contributed by atoms with Crippen molar-refractivity contribution in [2.45, 2.75) is 27.3 Å². The molecule has 2 aromatic rings. The normalized spacial score (nSPS) is 17.7. The van der Waals surface area contributed by atoms with Gasteiger partial charge in [0.15, 0.2) is 5.76 Å². The van der Waals surface area contributed by atoms with Crippen LogP contribution in [0.2, 0.25) is 0 Å². The van der Waals surface area contributed by atoms with Gasteiger partial charge in [-0.25, -0.2) is 4.39 Å². The first-order valence-electron chi connectivity index (χ1n) is 9.14. The lowest BCUT2D eigenvalue weighted by Gasteiger charge is -2.31. The van der Waals surface area contributed by atoms with Gasteiger partial charge >= 0.3 is 0 Å². The third-order valence-corrected chi connectivity index (χ3v) is 4.78. The third kappa shape index (κ3) is 3.35. The van der Waals surface area contributed by atoms with E-state index in [4.69, 9.17) is 9.47 Å². The zero-order valence-corrected chi connectivity index (χ0v) is 15.7. The number of allylic oxidation sites excluding steroid dienone is 1. The van der Waals surface area contributed by atoms with E-state index in [2.05, 4.69) is 18.7 Å². The van der Waals surface area contributed by atoms with Gasteiger partial charge in [0.1, 0.15) is 24.0 Å². The largest absolute Gasteiger partial charge is 0.478 e. The zero-order chi connectivity index (χ0) is 19.1. The number of halogens is 1. The Bertz CT molecular complexity index is 932. The van der Waals surface area contributed by atoms with Crippen molar-refractivity contribution in [3.05, 3.63) is 64.2 Å². The number of hydrogen-bond donors (Lipinski definition) is 0. The molecule has 27 heavy (non-hydrogen) atoms. The lowest BCUT2D eigenvalue weighted by Crippen LogP contribution is -2.35. The van der Waals surface area contributed by atoms with Crippen LogP contribution in [0, 0.1) is 18.7 Å². The Kier molecular flexibility index (Phi) is 4.48. The molecule has 0 fully saturated rings. The maximum absolute atomic E-state index is 13.1. The molecular weight excluding hydrogens is 345 g/mol. The minimum Gasteiger partial charge on any atom is -0.478 e. The minimum atomic E-state index is -0.314. The van der Waals surface area contributed by atoms with E-state index in [0.29, 0.717) is 30.5 Å². The summed E-state index contributed by atoms with van der Waals surface area (Å²) >= 11 is 0. The Morgan fingerprint density at radius 2 is 2.00 bits per heavy atom. The quantitative estimate of drug-likeness (QED) is 0.746. The maximum Gasteiger partial charge on any atom is 0.232 e. The number of ether oxygens (including phenoxy) is 2. The van der Waals surface area contributed by atoms with Gasteiger partial charge in [0.05, 0.1) is 11.1 Å². The fourth-order valence-electron chi connectivity index (χ4n) is 3.62. The summed E-state index contributed by atoms with van der Waals surface area (Å²) in [6.07, 6.45) is 1.66. The summed E-state index contributed by atoms with van der Waals surface area (Å²) in [5, 5.41) is 0. The summed E-state index contributed by atoms with van der Waals surface area (Å²) in [4.78, 5) is 15.1. The minimum absolute atomic E-state index is 0.143. The number of Topliss-reactive ketones (excluding diaryl/α,β-unsaturated/α-hetero) is 1. The van der Waals surface area contributed by atoms with E-state index in [9.17, 15) is 9.18 Å². The molecule has 2 heterocycles. The number of hydrogen-bond acceptors (Lipinski definition) is 4. The first kappa shape index (κ1) is 17.7. The fraction of sp³-hybridized carbons (Fsp3) is 0.318. The van der Waals surface area contributed by atoms with Gasteiger partial charge in [-0.3, -0.25) is 9.69 Å². The van der Waals surface area contributed by atoms with Crippen LogP contribution in [0.5, 0.6) is 11.5 Å². The monoisotopic (exact) mass is 367 g/mol. The van der Waals surface area contributed by atoms with Crippen molar-refractivity contribution < 1.29 is 18.7 Å². The van der Waals surface area contributed by atoms with Crippen LogP contribution in [-0.4, -0.2) is 24.0 Å². The van der Waals surface area contributed by atoms with Crippen molar-refractivity contribution in [2.75, 3.05) is 13.3 Å². The second-order valence-electron chi connectivity index (χ2n) is 7.54. The molecule has 4 nitrogen and oxygen atoms in total. The smallest absolute Gasteiger partial charge is 0.232 e. The molecule has 140 valence electrons. The molecule has 5 heteroatoms. The van der Waals surface area contributed by atoms with Gasteiger partial charge in [-0.2, -0.15) is 0 Å². The predicted molar refractivity (Wildman–Crippen MR) is 101 cm³/mol. The lowest BCUT2D eigenvalue weighted by atomic mass is 9.98. The molecule has 0 amide bonds. The number of benzene rings is 2. The molecule has 2 aliphatic heterocycles. The highest BCUT2D eigenvalue weighted by Crippen LogP contribution is 2.44. The third-order valence-electron chi connectivity index (χ3n) is 4.78. The molecule has 0 atom stereocenters. The molecule has 0 aromatic heterocycles. The van der Waals surface area contributed by atoms with Crippen LogP contribution in [0.25, 0.3) is 6.08 Å². The molecule has 0 aliphatic carbocycles. The Balaban J connectivity index is 1.70. The Morgan fingerprint density at radius 1 is 1.26 bits per heavy atom. The molecule has 0 saturated carbocycles. The van der Waals surface area contributed by atoms with Crippen LogP contribution in [0.3, 0.4) is 0 Å². The van der Waals surface area contributed by atoms with Crippen molar-refractivity contribution in [2.24, 2.45) is 5.92 Å². The number of fused-ring (bicyclic) bond motifs is 3. The van der Waals surface area contributed by atoms with Gasteiger partial charge in [0.2, 0.25) is 5.78 Å². The number of ketones is 1. The summed E-state index contributed by atoms with van der Waals surface area (Å²) in [5.41, 5.74) is 3.07. The number of nitrogens with zero attached hydrogens (tertiary/aromatic N) is 1. The number of rotatable bonds is 3. The summed E-state index contributed by atoms with van der Waals surface area (Å²) < 4.78 is 25.0. The van der Waals surface area contributed by atoms with Gasteiger partial charge in [0.25, 0.3) is 0 Å². The van der Waals surface area contributed by atoms with Crippen LogP contribution in [0.15, 0.2) is 36.1 Å². The summed E-state index contributed by atoms with van der Waals surface area (Å²) in [6.45, 7) is 8.36. The van der Waals surface area contributed by atoms with E-state index in [-0.39, 0.29) is 17.4 Å². The van der Waals surface area contributed by atoms with E-state index in [1.807, 2.05) is 13.0 Å². The van der Waals surface area contributed by atoms with Crippen molar-refractivity contribution >= 4 is 11.9 Å². The number of carbonyl (C=O) groups excluding carboxylic acids is 1. The second-order valence-corrected chi connectivity index (χ2v) is 7.54. The van der Waals surface area contributed by atoms with Crippen molar-refractivity contribution in [1.82, 2.24) is 4.90 Å². The van der Waals surface area contributed by atoms with Crippen LogP contribution in [0.1, 0.15) is 40.9 Å². The second kappa shape index (κ2) is 6.82. The topological polar surface area (TPSA) is 38.8 Å². The molecule has 0 spiro atoms. The van der Waals surface area contributed by atoms with Crippen molar-refractivity contribution in [3.8, 4) is 11.5 Å².